The topological polar surface area (TPSA) is 80.5 Å². The molecule has 0 aromatic heterocycles. The fraction of sp³-hybridized carbons (Fsp3) is 0.0909. The lowest BCUT2D eigenvalue weighted by molar-refractivity contribution is -0.384. The number of anilines is 1. The summed E-state index contributed by atoms with van der Waals surface area (Å²) in [5.41, 5.74) is 0.260. The first kappa shape index (κ1) is 11.0. The van der Waals surface area contributed by atoms with Crippen molar-refractivity contribution in [3.63, 3.8) is 0 Å². The number of nitro benzene ring substituents is 1. The van der Waals surface area contributed by atoms with E-state index in [-0.39, 0.29) is 18.0 Å². The van der Waals surface area contributed by atoms with Crippen LogP contribution in [0.15, 0.2) is 36.4 Å². The van der Waals surface area contributed by atoms with E-state index in [4.69, 9.17) is 0 Å². The molecule has 1 aromatic carbocycles. The van der Waals surface area contributed by atoms with E-state index in [1.165, 1.54) is 36.4 Å². The van der Waals surface area contributed by atoms with Gasteiger partial charge in [0.25, 0.3) is 11.6 Å². The van der Waals surface area contributed by atoms with Crippen molar-refractivity contribution >= 4 is 23.2 Å². The molecular formula is C11H8N2O4. The molecule has 86 valence electrons. The van der Waals surface area contributed by atoms with Crippen LogP contribution in [0.4, 0.5) is 11.4 Å². The molecular weight excluding hydrogens is 224 g/mol. The van der Waals surface area contributed by atoms with Crippen molar-refractivity contribution in [1.29, 1.82) is 0 Å². The minimum atomic E-state index is -0.538. The van der Waals surface area contributed by atoms with Gasteiger partial charge in [-0.25, -0.2) is 4.90 Å². The summed E-state index contributed by atoms with van der Waals surface area (Å²) in [5, 5.41) is 10.5. The average Bonchev–Trinajstić information content (AvgIpc) is 2.29. The van der Waals surface area contributed by atoms with E-state index in [0.29, 0.717) is 5.69 Å². The van der Waals surface area contributed by atoms with Crippen LogP contribution in [0.3, 0.4) is 0 Å². The van der Waals surface area contributed by atoms with Gasteiger partial charge in [0.1, 0.15) is 0 Å². The van der Waals surface area contributed by atoms with Crippen LogP contribution in [0, 0.1) is 10.1 Å². The Balaban J connectivity index is 2.34. The number of carbonyl (C=O) groups is 2. The third kappa shape index (κ3) is 2.05. The Kier molecular flexibility index (Phi) is 2.70. The van der Waals surface area contributed by atoms with E-state index in [0.717, 1.165) is 4.90 Å². The fourth-order valence-corrected chi connectivity index (χ4v) is 1.54. The summed E-state index contributed by atoms with van der Waals surface area (Å²) in [6.45, 7) is 0. The molecule has 1 aliphatic heterocycles. The number of carbonyl (C=O) groups excluding carboxylic acids is 2. The normalized spacial score (nSPS) is 15.2. The molecule has 0 unspecified atom stereocenters. The minimum Gasteiger partial charge on any atom is -0.274 e. The molecule has 0 atom stereocenters. The highest BCUT2D eigenvalue weighted by Crippen LogP contribution is 2.22. The van der Waals surface area contributed by atoms with Crippen molar-refractivity contribution in [2.75, 3.05) is 4.90 Å². The zero-order valence-electron chi connectivity index (χ0n) is 8.70. The Bertz CT molecular complexity index is 519. The van der Waals surface area contributed by atoms with E-state index in [9.17, 15) is 19.7 Å². The predicted octanol–water partition coefficient (Wildman–Crippen LogP) is 1.41. The van der Waals surface area contributed by atoms with Gasteiger partial charge in [0.15, 0.2) is 0 Å². The van der Waals surface area contributed by atoms with E-state index in [1.54, 1.807) is 0 Å². The fourth-order valence-electron chi connectivity index (χ4n) is 1.54. The van der Waals surface area contributed by atoms with Crippen molar-refractivity contribution in [3.05, 3.63) is 46.5 Å². The lowest BCUT2D eigenvalue weighted by Crippen LogP contribution is -2.37. The van der Waals surface area contributed by atoms with Crippen molar-refractivity contribution in [2.24, 2.45) is 0 Å². The number of hydrogen-bond acceptors (Lipinski definition) is 4. The molecule has 1 heterocycles. The van der Waals surface area contributed by atoms with Crippen molar-refractivity contribution in [3.8, 4) is 0 Å². The van der Waals surface area contributed by atoms with Crippen LogP contribution in [0.5, 0.6) is 0 Å². The van der Waals surface area contributed by atoms with Gasteiger partial charge in [-0.3, -0.25) is 19.7 Å². The summed E-state index contributed by atoms with van der Waals surface area (Å²) in [6, 6.07) is 5.28. The number of imide groups is 1. The van der Waals surface area contributed by atoms with Gasteiger partial charge in [0.2, 0.25) is 5.91 Å². The molecule has 0 spiro atoms. The quantitative estimate of drug-likeness (QED) is 0.438. The molecule has 1 aliphatic rings. The second-order valence-corrected chi connectivity index (χ2v) is 3.45. The van der Waals surface area contributed by atoms with Crippen LogP contribution in [0.25, 0.3) is 0 Å². The second-order valence-electron chi connectivity index (χ2n) is 3.45. The van der Waals surface area contributed by atoms with Crippen molar-refractivity contribution in [2.45, 2.75) is 6.42 Å². The summed E-state index contributed by atoms with van der Waals surface area (Å²) in [6.07, 6.45) is 2.96. The summed E-state index contributed by atoms with van der Waals surface area (Å²) >= 11 is 0. The highest BCUT2D eigenvalue weighted by atomic mass is 16.6. The first-order valence-electron chi connectivity index (χ1n) is 4.87. The number of nitrogens with zero attached hydrogens (tertiary/aromatic N) is 2. The molecule has 1 aromatic rings. The average molecular weight is 232 g/mol. The number of benzene rings is 1. The molecule has 0 saturated heterocycles. The minimum absolute atomic E-state index is 0.0822. The lowest BCUT2D eigenvalue weighted by Gasteiger charge is -2.21. The molecule has 0 fully saturated rings. The lowest BCUT2D eigenvalue weighted by atomic mass is 10.2. The zero-order valence-corrected chi connectivity index (χ0v) is 8.70. The molecule has 6 nitrogen and oxygen atoms in total. The van der Waals surface area contributed by atoms with Gasteiger partial charge < -0.3 is 0 Å². The van der Waals surface area contributed by atoms with Crippen LogP contribution < -0.4 is 4.90 Å². The highest BCUT2D eigenvalue weighted by Gasteiger charge is 2.24. The smallest absolute Gasteiger partial charge is 0.269 e. The highest BCUT2D eigenvalue weighted by molar-refractivity contribution is 6.21. The molecule has 2 rings (SSSR count). The largest absolute Gasteiger partial charge is 0.274 e. The third-order valence-corrected chi connectivity index (χ3v) is 2.34. The van der Waals surface area contributed by atoms with Crippen LogP contribution in [-0.2, 0) is 9.59 Å². The van der Waals surface area contributed by atoms with Crippen LogP contribution >= 0.6 is 0 Å². The number of amides is 2. The van der Waals surface area contributed by atoms with E-state index >= 15 is 0 Å². The Morgan fingerprint density at radius 3 is 2.35 bits per heavy atom. The standard InChI is InChI=1S/C11H8N2O4/c14-10-2-1-3-11(15)12(10)8-4-6-9(7-5-8)13(16)17/h1-2,4-7H,3H2. The Hall–Kier alpha value is -2.50. The van der Waals surface area contributed by atoms with Crippen molar-refractivity contribution in [1.82, 2.24) is 0 Å². The van der Waals surface area contributed by atoms with Crippen LogP contribution in [-0.4, -0.2) is 16.7 Å². The van der Waals surface area contributed by atoms with Gasteiger partial charge in [-0.15, -0.1) is 0 Å². The van der Waals surface area contributed by atoms with E-state index in [2.05, 4.69) is 0 Å². The van der Waals surface area contributed by atoms with Crippen LogP contribution in [0.1, 0.15) is 6.42 Å². The van der Waals surface area contributed by atoms with Gasteiger partial charge in [-0.1, -0.05) is 6.08 Å². The van der Waals surface area contributed by atoms with Gasteiger partial charge in [-0.05, 0) is 12.1 Å². The summed E-state index contributed by atoms with van der Waals surface area (Å²) in [7, 11) is 0. The summed E-state index contributed by atoms with van der Waals surface area (Å²) in [5.74, 6) is -0.776. The van der Waals surface area contributed by atoms with Gasteiger partial charge in [0.05, 0.1) is 10.6 Å². The van der Waals surface area contributed by atoms with Crippen LogP contribution in [0.2, 0.25) is 0 Å². The van der Waals surface area contributed by atoms with Gasteiger partial charge >= 0.3 is 0 Å². The van der Waals surface area contributed by atoms with E-state index < -0.39 is 10.8 Å². The molecule has 6 heteroatoms. The zero-order chi connectivity index (χ0) is 12.4. The Labute approximate surface area is 96.3 Å². The van der Waals surface area contributed by atoms with E-state index in [1.807, 2.05) is 0 Å². The third-order valence-electron chi connectivity index (χ3n) is 2.34. The molecule has 0 aliphatic carbocycles. The van der Waals surface area contributed by atoms with Crippen molar-refractivity contribution < 1.29 is 14.5 Å². The summed E-state index contributed by atoms with van der Waals surface area (Å²) < 4.78 is 0. The first-order chi connectivity index (χ1) is 8.09. The molecule has 0 saturated carbocycles. The number of nitro groups is 1. The first-order valence-corrected chi connectivity index (χ1v) is 4.87. The molecule has 17 heavy (non-hydrogen) atoms. The predicted molar refractivity (Wildman–Crippen MR) is 59.3 cm³/mol. The molecule has 2 amide bonds. The van der Waals surface area contributed by atoms with Gasteiger partial charge in [-0.2, -0.15) is 0 Å². The Morgan fingerprint density at radius 2 is 1.82 bits per heavy atom. The molecule has 0 bridgehead atoms. The number of non-ortho nitro benzene ring substituents is 1. The number of hydrogen-bond donors (Lipinski definition) is 0. The molecule has 0 radical (unpaired) electrons. The number of rotatable bonds is 2. The Morgan fingerprint density at radius 1 is 1.18 bits per heavy atom. The van der Waals surface area contributed by atoms with Gasteiger partial charge in [0, 0.05) is 24.6 Å². The monoisotopic (exact) mass is 232 g/mol. The molecule has 0 N–H and O–H groups in total. The maximum atomic E-state index is 11.5. The SMILES string of the molecule is O=C1C=CCC(=O)N1c1ccc([N+](=O)[O-])cc1. The maximum Gasteiger partial charge on any atom is 0.269 e. The summed E-state index contributed by atoms with van der Waals surface area (Å²) in [4.78, 5) is 34.0. The second kappa shape index (κ2) is 4.17. The maximum absolute atomic E-state index is 11.5.